The predicted octanol–water partition coefficient (Wildman–Crippen LogP) is 1.56. The Labute approximate surface area is 178 Å². The molecule has 2 saturated heterocycles. The molecule has 0 radical (unpaired) electrons. The number of nitrogens with two attached hydrogens (primary N) is 1. The largest absolute Gasteiger partial charge is 0.364 e. The van der Waals surface area contributed by atoms with Crippen molar-refractivity contribution in [2.24, 2.45) is 5.73 Å². The first-order valence-electron chi connectivity index (χ1n) is 9.37. The molecule has 2 atom stereocenters. The lowest BCUT2D eigenvalue weighted by molar-refractivity contribution is -0.133. The molecule has 0 aliphatic carbocycles. The zero-order valence-corrected chi connectivity index (χ0v) is 17.5. The summed E-state index contributed by atoms with van der Waals surface area (Å²) in [6.45, 7) is 2.43. The van der Waals surface area contributed by atoms with E-state index < -0.39 is 0 Å². The van der Waals surface area contributed by atoms with Gasteiger partial charge in [-0.1, -0.05) is 18.2 Å². The van der Waals surface area contributed by atoms with Crippen molar-refractivity contribution < 1.29 is 14.3 Å². The van der Waals surface area contributed by atoms with Crippen LogP contribution in [-0.4, -0.2) is 61.1 Å². The molecule has 2 aliphatic heterocycles. The van der Waals surface area contributed by atoms with Crippen LogP contribution >= 0.6 is 24.8 Å². The summed E-state index contributed by atoms with van der Waals surface area (Å²) in [5.74, 6) is -0.0351. The summed E-state index contributed by atoms with van der Waals surface area (Å²) >= 11 is 0. The molecule has 9 heteroatoms. The van der Waals surface area contributed by atoms with E-state index in [1.807, 2.05) is 30.3 Å². The van der Waals surface area contributed by atoms with Crippen molar-refractivity contribution in [1.82, 2.24) is 10.2 Å². The van der Waals surface area contributed by atoms with Gasteiger partial charge >= 0.3 is 0 Å². The van der Waals surface area contributed by atoms with Gasteiger partial charge in [-0.25, -0.2) is 0 Å². The van der Waals surface area contributed by atoms with E-state index in [2.05, 4.69) is 15.5 Å². The number of halogens is 2. The average molecular weight is 433 g/mol. The molecule has 2 heterocycles. The lowest BCUT2D eigenvalue weighted by atomic mass is 10.0. The van der Waals surface area contributed by atoms with Crippen molar-refractivity contribution in [3.63, 3.8) is 0 Å². The van der Waals surface area contributed by atoms with Crippen LogP contribution in [0.2, 0.25) is 0 Å². The van der Waals surface area contributed by atoms with Crippen molar-refractivity contribution in [3.05, 3.63) is 30.3 Å². The minimum atomic E-state index is -0.363. The molecule has 28 heavy (non-hydrogen) atoms. The molecule has 2 fully saturated rings. The maximum Gasteiger partial charge on any atom is 0.249 e. The number of hydrogen-bond acceptors (Lipinski definition) is 5. The highest BCUT2D eigenvalue weighted by molar-refractivity contribution is 5.92. The number of piperidine rings is 1. The van der Waals surface area contributed by atoms with Crippen molar-refractivity contribution >= 4 is 42.3 Å². The van der Waals surface area contributed by atoms with Gasteiger partial charge < -0.3 is 21.1 Å². The van der Waals surface area contributed by atoms with E-state index in [4.69, 9.17) is 10.5 Å². The van der Waals surface area contributed by atoms with E-state index in [0.29, 0.717) is 13.1 Å². The molecule has 0 saturated carbocycles. The Hall–Kier alpha value is -1.38. The van der Waals surface area contributed by atoms with Gasteiger partial charge in [-0.15, -0.1) is 24.8 Å². The van der Waals surface area contributed by atoms with E-state index in [9.17, 15) is 9.59 Å². The number of para-hydroxylation sites is 1. The number of carbonyl (C=O) groups excluding carboxylic acids is 2. The molecular weight excluding hydrogens is 403 g/mol. The number of carbonyl (C=O) groups is 2. The van der Waals surface area contributed by atoms with Gasteiger partial charge in [0.15, 0.2) is 0 Å². The lowest BCUT2D eigenvalue weighted by Crippen LogP contribution is -2.48. The first kappa shape index (κ1) is 24.7. The zero-order chi connectivity index (χ0) is 18.4. The molecule has 158 valence electrons. The Morgan fingerprint density at radius 3 is 2.36 bits per heavy atom. The van der Waals surface area contributed by atoms with Crippen LogP contribution < -0.4 is 16.4 Å². The lowest BCUT2D eigenvalue weighted by Gasteiger charge is -2.32. The van der Waals surface area contributed by atoms with Crippen LogP contribution in [0.25, 0.3) is 0 Å². The van der Waals surface area contributed by atoms with E-state index >= 15 is 0 Å². The van der Waals surface area contributed by atoms with Crippen molar-refractivity contribution in [2.75, 3.05) is 31.5 Å². The zero-order valence-electron chi connectivity index (χ0n) is 15.8. The number of nitrogens with one attached hydrogen (secondary N) is 2. The number of amides is 2. The van der Waals surface area contributed by atoms with E-state index in [-0.39, 0.29) is 54.9 Å². The van der Waals surface area contributed by atoms with Crippen LogP contribution in [0.3, 0.4) is 0 Å². The van der Waals surface area contributed by atoms with Gasteiger partial charge in [-0.05, 0) is 37.8 Å². The summed E-state index contributed by atoms with van der Waals surface area (Å²) in [6, 6.07) is 9.61. The van der Waals surface area contributed by atoms with Crippen LogP contribution in [0, 0.1) is 0 Å². The molecule has 4 N–H and O–H groups in total. The second-order valence-corrected chi connectivity index (χ2v) is 7.03. The Morgan fingerprint density at radius 2 is 1.75 bits per heavy atom. The molecule has 0 aromatic heterocycles. The third-order valence-electron chi connectivity index (χ3n) is 5.02. The highest BCUT2D eigenvalue weighted by Crippen LogP contribution is 2.20. The summed E-state index contributed by atoms with van der Waals surface area (Å²) in [5.41, 5.74) is 6.40. The molecule has 7 nitrogen and oxygen atoms in total. The third kappa shape index (κ3) is 7.22. The second kappa shape index (κ2) is 12.2. The van der Waals surface area contributed by atoms with E-state index in [1.165, 1.54) is 0 Å². The molecule has 0 unspecified atom stereocenters. The van der Waals surface area contributed by atoms with Crippen LogP contribution in [0.1, 0.15) is 25.7 Å². The smallest absolute Gasteiger partial charge is 0.249 e. The van der Waals surface area contributed by atoms with Gasteiger partial charge in [-0.2, -0.15) is 0 Å². The summed E-state index contributed by atoms with van der Waals surface area (Å²) < 4.78 is 5.64. The minimum absolute atomic E-state index is 0. The number of ether oxygens (including phenoxy) is 1. The third-order valence-corrected chi connectivity index (χ3v) is 5.02. The van der Waals surface area contributed by atoms with Crippen LogP contribution in [0.15, 0.2) is 30.3 Å². The first-order chi connectivity index (χ1) is 12.6. The van der Waals surface area contributed by atoms with Crippen molar-refractivity contribution in [3.8, 4) is 0 Å². The van der Waals surface area contributed by atoms with Crippen LogP contribution in [-0.2, 0) is 14.3 Å². The fourth-order valence-electron chi connectivity index (χ4n) is 3.53. The fourth-order valence-corrected chi connectivity index (χ4v) is 3.53. The summed E-state index contributed by atoms with van der Waals surface area (Å²) in [6.07, 6.45) is 2.93. The fraction of sp³-hybridized carbons (Fsp3) is 0.579. The monoisotopic (exact) mass is 432 g/mol. The Bertz CT molecular complexity index is 612. The van der Waals surface area contributed by atoms with E-state index in [0.717, 1.165) is 44.5 Å². The second-order valence-electron chi connectivity index (χ2n) is 7.03. The molecule has 3 rings (SSSR count). The molecule has 2 amide bonds. The molecular formula is C19H30Cl2N4O3. The Morgan fingerprint density at radius 1 is 1.07 bits per heavy atom. The Kier molecular flexibility index (Phi) is 10.8. The number of likely N-dealkylation sites (tertiary alicyclic amines) is 1. The van der Waals surface area contributed by atoms with Gasteiger partial charge in [0.2, 0.25) is 11.8 Å². The summed E-state index contributed by atoms with van der Waals surface area (Å²) in [5, 5.41) is 5.99. The topological polar surface area (TPSA) is 96.7 Å². The van der Waals surface area contributed by atoms with Crippen LogP contribution in [0.5, 0.6) is 0 Å². The van der Waals surface area contributed by atoms with Gasteiger partial charge in [0.1, 0.15) is 6.10 Å². The molecule has 2 aliphatic rings. The number of benzene rings is 1. The summed E-state index contributed by atoms with van der Waals surface area (Å²) in [7, 11) is 0. The van der Waals surface area contributed by atoms with Crippen LogP contribution in [0.4, 0.5) is 5.69 Å². The van der Waals surface area contributed by atoms with Gasteiger partial charge in [0, 0.05) is 31.4 Å². The number of rotatable bonds is 6. The number of nitrogens with zero attached hydrogens (tertiary/aromatic N) is 1. The predicted molar refractivity (Wildman–Crippen MR) is 114 cm³/mol. The number of hydrogen-bond donors (Lipinski definition) is 3. The molecule has 1 aromatic carbocycles. The number of anilines is 1. The summed E-state index contributed by atoms with van der Waals surface area (Å²) in [4.78, 5) is 26.5. The minimum Gasteiger partial charge on any atom is -0.364 e. The van der Waals surface area contributed by atoms with Gasteiger partial charge in [-0.3, -0.25) is 14.5 Å². The SMILES string of the molecule is Cl.Cl.NC[C@H]1CC[C@@H](C(=O)NC2CCN(CC(=O)Nc3ccccc3)CC2)O1. The highest BCUT2D eigenvalue weighted by Gasteiger charge is 2.31. The molecule has 0 bridgehead atoms. The first-order valence-corrected chi connectivity index (χ1v) is 9.37. The van der Waals surface area contributed by atoms with E-state index in [1.54, 1.807) is 0 Å². The van der Waals surface area contributed by atoms with Crippen molar-refractivity contribution in [1.29, 1.82) is 0 Å². The normalized spacial score (nSPS) is 22.6. The molecule has 1 aromatic rings. The van der Waals surface area contributed by atoms with Gasteiger partial charge in [0.05, 0.1) is 12.6 Å². The van der Waals surface area contributed by atoms with Crippen molar-refractivity contribution in [2.45, 2.75) is 43.9 Å². The Balaban J connectivity index is 0.00000196. The highest BCUT2D eigenvalue weighted by atomic mass is 35.5. The average Bonchev–Trinajstić information content (AvgIpc) is 3.13. The molecule has 0 spiro atoms. The maximum absolute atomic E-state index is 12.3. The van der Waals surface area contributed by atoms with Gasteiger partial charge in [0.25, 0.3) is 0 Å². The quantitative estimate of drug-likeness (QED) is 0.633. The maximum atomic E-state index is 12.3. The standard InChI is InChI=1S/C19H28N4O3.2ClH/c20-12-16-6-7-17(26-16)19(25)22-15-8-10-23(11-9-15)13-18(24)21-14-4-2-1-3-5-14;;/h1-5,15-17H,6-13,20H2,(H,21,24)(H,22,25);2*1H/t16-,17+;;/m1../s1.